The number of benzene rings is 2. The molecule has 1 atom stereocenters. The lowest BCUT2D eigenvalue weighted by molar-refractivity contribution is -0.164. The molecule has 0 spiro atoms. The third-order valence-corrected chi connectivity index (χ3v) is 5.50. The summed E-state index contributed by atoms with van der Waals surface area (Å²) in [6.07, 6.45) is -0.470. The third-order valence-electron chi connectivity index (χ3n) is 5.50. The van der Waals surface area contributed by atoms with Crippen LogP contribution in [0.3, 0.4) is 0 Å². The molecule has 3 N–H and O–H groups in total. The van der Waals surface area contributed by atoms with Crippen molar-refractivity contribution in [2.45, 2.75) is 25.2 Å². The van der Waals surface area contributed by atoms with Crippen LogP contribution in [0.2, 0.25) is 0 Å². The Balaban J connectivity index is 1.53. The SMILES string of the molecule is CCC(CNC(=O)OCC1c2ccccc2-c2ccccc21)C(=O)NCC(F)(F)C(=O)O. The highest BCUT2D eigenvalue weighted by Crippen LogP contribution is 2.44. The van der Waals surface area contributed by atoms with Gasteiger partial charge >= 0.3 is 18.0 Å². The fraction of sp³-hybridized carbons (Fsp3) is 0.348. The Kier molecular flexibility index (Phi) is 7.07. The number of carboxylic acids is 1. The molecular weight excluding hydrogens is 422 g/mol. The van der Waals surface area contributed by atoms with Gasteiger partial charge in [0.15, 0.2) is 0 Å². The van der Waals surface area contributed by atoms with Gasteiger partial charge in [0.2, 0.25) is 5.91 Å². The largest absolute Gasteiger partial charge is 0.477 e. The Bertz CT molecular complexity index is 966. The van der Waals surface area contributed by atoms with Gasteiger partial charge in [-0.1, -0.05) is 55.5 Å². The number of alkyl halides is 2. The highest BCUT2D eigenvalue weighted by Gasteiger charge is 2.39. The summed E-state index contributed by atoms with van der Waals surface area (Å²) in [4.78, 5) is 34.7. The van der Waals surface area contributed by atoms with Crippen molar-refractivity contribution in [2.75, 3.05) is 19.7 Å². The predicted molar refractivity (Wildman–Crippen MR) is 112 cm³/mol. The predicted octanol–water partition coefficient (Wildman–Crippen LogP) is 3.39. The molecule has 0 aliphatic heterocycles. The zero-order valence-corrected chi connectivity index (χ0v) is 17.4. The lowest BCUT2D eigenvalue weighted by Gasteiger charge is -2.18. The number of nitrogens with one attached hydrogen (secondary N) is 2. The number of carboxylic acid groups (broad SMARTS) is 1. The van der Waals surface area contributed by atoms with E-state index in [9.17, 15) is 23.2 Å². The number of hydrogen-bond acceptors (Lipinski definition) is 4. The van der Waals surface area contributed by atoms with Crippen LogP contribution in [0, 0.1) is 5.92 Å². The van der Waals surface area contributed by atoms with Crippen LogP contribution >= 0.6 is 0 Å². The van der Waals surface area contributed by atoms with Crippen LogP contribution in [0.1, 0.15) is 30.4 Å². The summed E-state index contributed by atoms with van der Waals surface area (Å²) in [5, 5.41) is 12.8. The maximum absolute atomic E-state index is 13.1. The topological polar surface area (TPSA) is 105 Å². The molecule has 2 aromatic rings. The monoisotopic (exact) mass is 446 g/mol. The van der Waals surface area contributed by atoms with Crippen molar-refractivity contribution < 1.29 is 33.0 Å². The van der Waals surface area contributed by atoms with E-state index in [1.54, 1.807) is 6.92 Å². The maximum atomic E-state index is 13.1. The van der Waals surface area contributed by atoms with Crippen molar-refractivity contribution in [1.29, 1.82) is 0 Å². The van der Waals surface area contributed by atoms with Crippen LogP contribution in [-0.2, 0) is 14.3 Å². The van der Waals surface area contributed by atoms with Crippen LogP contribution in [0.25, 0.3) is 11.1 Å². The summed E-state index contributed by atoms with van der Waals surface area (Å²) >= 11 is 0. The standard InChI is InChI=1S/C23H24F2N2O5/c1-2-14(20(28)27-13-23(24,25)21(29)30)11-26-22(31)32-12-19-17-9-5-3-7-15(17)16-8-4-6-10-18(16)19/h3-10,14,19H,2,11-13H2,1H3,(H,26,31)(H,27,28)(H,29,30). The number of alkyl carbamates (subject to hydrolysis) is 1. The molecule has 2 amide bonds. The van der Waals surface area contributed by atoms with Crippen LogP contribution in [0.15, 0.2) is 48.5 Å². The Hall–Kier alpha value is -3.49. The van der Waals surface area contributed by atoms with Crippen molar-refractivity contribution in [3.05, 3.63) is 59.7 Å². The minimum Gasteiger partial charge on any atom is -0.477 e. The van der Waals surface area contributed by atoms with Gasteiger partial charge in [0, 0.05) is 12.5 Å². The number of carbonyl (C=O) groups excluding carboxylic acids is 2. The van der Waals surface area contributed by atoms with Gasteiger partial charge in [0.1, 0.15) is 6.61 Å². The highest BCUT2D eigenvalue weighted by molar-refractivity contribution is 5.82. The number of hydrogen-bond donors (Lipinski definition) is 3. The Morgan fingerprint density at radius 3 is 2.12 bits per heavy atom. The molecule has 0 saturated carbocycles. The average molecular weight is 446 g/mol. The molecule has 3 rings (SSSR count). The van der Waals surface area contributed by atoms with Gasteiger partial charge in [0.25, 0.3) is 0 Å². The van der Waals surface area contributed by atoms with Gasteiger partial charge in [-0.2, -0.15) is 8.78 Å². The summed E-state index contributed by atoms with van der Waals surface area (Å²) in [5.41, 5.74) is 4.31. The van der Waals surface area contributed by atoms with Gasteiger partial charge in [0.05, 0.1) is 12.5 Å². The molecule has 32 heavy (non-hydrogen) atoms. The fourth-order valence-corrected chi connectivity index (χ4v) is 3.70. The van der Waals surface area contributed by atoms with Crippen LogP contribution in [-0.4, -0.2) is 48.7 Å². The molecule has 1 aliphatic rings. The molecule has 0 heterocycles. The first-order valence-electron chi connectivity index (χ1n) is 10.2. The normalized spacial score (nSPS) is 13.6. The van der Waals surface area contributed by atoms with Crippen molar-refractivity contribution >= 4 is 18.0 Å². The van der Waals surface area contributed by atoms with Gasteiger partial charge in [-0.15, -0.1) is 0 Å². The number of fused-ring (bicyclic) bond motifs is 3. The third kappa shape index (κ3) is 5.04. The van der Waals surface area contributed by atoms with E-state index in [-0.39, 0.29) is 25.5 Å². The van der Waals surface area contributed by atoms with Gasteiger partial charge in [-0.3, -0.25) is 4.79 Å². The summed E-state index contributed by atoms with van der Waals surface area (Å²) in [7, 11) is 0. The molecule has 1 unspecified atom stereocenters. The second-order valence-corrected chi connectivity index (χ2v) is 7.54. The number of halogens is 2. The Morgan fingerprint density at radius 2 is 1.59 bits per heavy atom. The van der Waals surface area contributed by atoms with E-state index < -0.39 is 36.4 Å². The van der Waals surface area contributed by atoms with E-state index in [1.165, 1.54) is 0 Å². The number of aliphatic carboxylic acids is 1. The van der Waals surface area contributed by atoms with E-state index in [0.717, 1.165) is 22.3 Å². The first kappa shape index (κ1) is 23.2. The van der Waals surface area contributed by atoms with Crippen LogP contribution in [0.4, 0.5) is 13.6 Å². The van der Waals surface area contributed by atoms with Crippen LogP contribution < -0.4 is 10.6 Å². The summed E-state index contributed by atoms with van der Waals surface area (Å²) in [6, 6.07) is 15.8. The zero-order chi connectivity index (χ0) is 23.3. The number of amides is 2. The second-order valence-electron chi connectivity index (χ2n) is 7.54. The zero-order valence-electron chi connectivity index (χ0n) is 17.4. The second kappa shape index (κ2) is 9.76. The molecule has 0 aromatic heterocycles. The summed E-state index contributed by atoms with van der Waals surface area (Å²) in [5.74, 6) is -8.07. The number of ether oxygens (including phenoxy) is 1. The van der Waals surface area contributed by atoms with E-state index in [4.69, 9.17) is 9.84 Å². The average Bonchev–Trinajstić information content (AvgIpc) is 3.10. The lowest BCUT2D eigenvalue weighted by Crippen LogP contribution is -2.46. The van der Waals surface area contributed by atoms with Crippen molar-refractivity contribution in [1.82, 2.24) is 10.6 Å². The molecule has 0 fully saturated rings. The minimum atomic E-state index is -4.06. The molecule has 0 radical (unpaired) electrons. The molecule has 2 aromatic carbocycles. The first-order valence-corrected chi connectivity index (χ1v) is 10.2. The summed E-state index contributed by atoms with van der Waals surface area (Å²) in [6.45, 7) is 0.312. The molecule has 7 nitrogen and oxygen atoms in total. The van der Waals surface area contributed by atoms with Crippen molar-refractivity contribution in [2.24, 2.45) is 5.92 Å². The van der Waals surface area contributed by atoms with Crippen molar-refractivity contribution in [3.63, 3.8) is 0 Å². The Labute approximate surface area is 183 Å². The van der Waals surface area contributed by atoms with E-state index in [1.807, 2.05) is 53.8 Å². The number of rotatable bonds is 9. The van der Waals surface area contributed by atoms with Gasteiger partial charge < -0.3 is 20.5 Å². The molecule has 1 aliphatic carbocycles. The first-order chi connectivity index (χ1) is 15.2. The quantitative estimate of drug-likeness (QED) is 0.548. The minimum absolute atomic E-state index is 0.105. The van der Waals surface area contributed by atoms with Crippen LogP contribution in [0.5, 0.6) is 0 Å². The van der Waals surface area contributed by atoms with Gasteiger partial charge in [-0.25, -0.2) is 9.59 Å². The fourth-order valence-electron chi connectivity index (χ4n) is 3.70. The van der Waals surface area contributed by atoms with Gasteiger partial charge in [-0.05, 0) is 28.7 Å². The lowest BCUT2D eigenvalue weighted by atomic mass is 9.98. The maximum Gasteiger partial charge on any atom is 0.407 e. The molecule has 9 heteroatoms. The van der Waals surface area contributed by atoms with E-state index in [2.05, 4.69) is 5.32 Å². The molecular formula is C23H24F2N2O5. The molecule has 170 valence electrons. The summed E-state index contributed by atoms with van der Waals surface area (Å²) < 4.78 is 31.7. The highest BCUT2D eigenvalue weighted by atomic mass is 19.3. The van der Waals surface area contributed by atoms with E-state index in [0.29, 0.717) is 0 Å². The Morgan fingerprint density at radius 1 is 1.03 bits per heavy atom. The van der Waals surface area contributed by atoms with Crippen molar-refractivity contribution in [3.8, 4) is 11.1 Å². The molecule has 0 saturated heterocycles. The molecule has 0 bridgehead atoms. The van der Waals surface area contributed by atoms with E-state index >= 15 is 0 Å². The number of carbonyl (C=O) groups is 3. The smallest absolute Gasteiger partial charge is 0.407 e.